The molecule has 0 aliphatic heterocycles. The normalized spacial score (nSPS) is 14.3. The van der Waals surface area contributed by atoms with E-state index in [4.69, 9.17) is 11.6 Å². The molecule has 0 heterocycles. The molecule has 2 aromatic carbocycles. The lowest BCUT2D eigenvalue weighted by molar-refractivity contribution is -0.114. The van der Waals surface area contributed by atoms with E-state index in [2.05, 4.69) is 22.0 Å². The van der Waals surface area contributed by atoms with Crippen molar-refractivity contribution < 1.29 is 9.59 Å². The minimum absolute atomic E-state index is 0.134. The van der Waals surface area contributed by atoms with Gasteiger partial charge in [0.05, 0.1) is 17.1 Å². The standard InChI is InChI=1S/C23H28ClN3O2/c1-15-10-16(2)12-19(11-15)25-14-22(28)26-18-8-9-21(24)20(13-18)23(29)27-17-6-4-3-5-7-17/h8-13,17,25H,3-7,14H2,1-2H3,(H,26,28)(H,27,29). The van der Waals surface area contributed by atoms with E-state index in [0.717, 1.165) is 42.5 Å². The third-order valence-electron chi connectivity index (χ3n) is 5.11. The van der Waals surface area contributed by atoms with Gasteiger partial charge in [-0.2, -0.15) is 0 Å². The molecule has 29 heavy (non-hydrogen) atoms. The van der Waals surface area contributed by atoms with E-state index in [1.54, 1.807) is 18.2 Å². The second kappa shape index (κ2) is 9.79. The van der Waals surface area contributed by atoms with Gasteiger partial charge in [-0.1, -0.05) is 36.9 Å². The molecule has 0 aromatic heterocycles. The summed E-state index contributed by atoms with van der Waals surface area (Å²) in [6.45, 7) is 4.17. The van der Waals surface area contributed by atoms with Crippen LogP contribution in [0.1, 0.15) is 53.6 Å². The molecule has 1 fully saturated rings. The van der Waals surface area contributed by atoms with E-state index in [-0.39, 0.29) is 24.4 Å². The summed E-state index contributed by atoms with van der Waals surface area (Å²) >= 11 is 6.23. The van der Waals surface area contributed by atoms with Gasteiger partial charge in [0.1, 0.15) is 0 Å². The molecule has 1 aliphatic carbocycles. The maximum atomic E-state index is 12.6. The number of amides is 2. The number of anilines is 2. The largest absolute Gasteiger partial charge is 0.376 e. The molecule has 5 nitrogen and oxygen atoms in total. The van der Waals surface area contributed by atoms with E-state index in [1.807, 2.05) is 26.0 Å². The Morgan fingerprint density at radius 2 is 1.66 bits per heavy atom. The first-order chi connectivity index (χ1) is 13.9. The summed E-state index contributed by atoms with van der Waals surface area (Å²) in [5.41, 5.74) is 4.12. The van der Waals surface area contributed by atoms with Gasteiger partial charge in [0, 0.05) is 17.4 Å². The van der Waals surface area contributed by atoms with E-state index in [0.29, 0.717) is 16.3 Å². The molecule has 0 spiro atoms. The Bertz CT molecular complexity index is 871. The van der Waals surface area contributed by atoms with Crippen LogP contribution in [0.2, 0.25) is 5.02 Å². The van der Waals surface area contributed by atoms with Crippen LogP contribution in [0.25, 0.3) is 0 Å². The van der Waals surface area contributed by atoms with Crippen LogP contribution in [0.3, 0.4) is 0 Å². The average molecular weight is 414 g/mol. The zero-order chi connectivity index (χ0) is 20.8. The molecule has 2 amide bonds. The van der Waals surface area contributed by atoms with Gasteiger partial charge in [-0.05, 0) is 68.1 Å². The summed E-state index contributed by atoms with van der Waals surface area (Å²) in [7, 11) is 0. The van der Waals surface area contributed by atoms with Crippen LogP contribution < -0.4 is 16.0 Å². The summed E-state index contributed by atoms with van der Waals surface area (Å²) in [6.07, 6.45) is 5.52. The summed E-state index contributed by atoms with van der Waals surface area (Å²) in [4.78, 5) is 25.0. The molecule has 0 saturated heterocycles. The fraction of sp³-hybridized carbons (Fsp3) is 0.391. The molecule has 154 valence electrons. The Morgan fingerprint density at radius 3 is 2.34 bits per heavy atom. The second-order valence-corrected chi connectivity index (χ2v) is 8.19. The van der Waals surface area contributed by atoms with Crippen LogP contribution in [0.5, 0.6) is 0 Å². The number of carbonyl (C=O) groups is 2. The van der Waals surface area contributed by atoms with Crippen molar-refractivity contribution in [2.75, 3.05) is 17.2 Å². The monoisotopic (exact) mass is 413 g/mol. The van der Waals surface area contributed by atoms with Gasteiger partial charge < -0.3 is 16.0 Å². The molecule has 2 aromatic rings. The minimum atomic E-state index is -0.190. The van der Waals surface area contributed by atoms with Crippen molar-refractivity contribution in [2.24, 2.45) is 0 Å². The molecule has 0 unspecified atom stereocenters. The minimum Gasteiger partial charge on any atom is -0.376 e. The van der Waals surface area contributed by atoms with Crippen molar-refractivity contribution in [2.45, 2.75) is 52.0 Å². The predicted molar refractivity (Wildman–Crippen MR) is 119 cm³/mol. The quantitative estimate of drug-likeness (QED) is 0.619. The van der Waals surface area contributed by atoms with Crippen LogP contribution in [0, 0.1) is 13.8 Å². The number of nitrogens with one attached hydrogen (secondary N) is 3. The smallest absolute Gasteiger partial charge is 0.253 e. The van der Waals surface area contributed by atoms with E-state index in [1.165, 1.54) is 6.42 Å². The van der Waals surface area contributed by atoms with Gasteiger partial charge in [0.2, 0.25) is 5.91 Å². The first-order valence-corrected chi connectivity index (χ1v) is 10.5. The Hall–Kier alpha value is -2.53. The van der Waals surface area contributed by atoms with Gasteiger partial charge >= 0.3 is 0 Å². The SMILES string of the molecule is Cc1cc(C)cc(NCC(=O)Nc2ccc(Cl)c(C(=O)NC3CCCCC3)c2)c1. The number of halogens is 1. The molecule has 1 saturated carbocycles. The second-order valence-electron chi connectivity index (χ2n) is 7.78. The van der Waals surface area contributed by atoms with Crippen molar-refractivity contribution >= 4 is 34.8 Å². The molecular weight excluding hydrogens is 386 g/mol. The van der Waals surface area contributed by atoms with E-state index < -0.39 is 0 Å². The molecule has 0 atom stereocenters. The lowest BCUT2D eigenvalue weighted by Gasteiger charge is -2.23. The lowest BCUT2D eigenvalue weighted by Crippen LogP contribution is -2.36. The van der Waals surface area contributed by atoms with Crippen molar-refractivity contribution in [3.05, 3.63) is 58.1 Å². The Morgan fingerprint density at radius 1 is 0.966 bits per heavy atom. The van der Waals surface area contributed by atoms with Gasteiger partial charge in [-0.3, -0.25) is 9.59 Å². The highest BCUT2D eigenvalue weighted by atomic mass is 35.5. The summed E-state index contributed by atoms with van der Waals surface area (Å²) < 4.78 is 0. The lowest BCUT2D eigenvalue weighted by atomic mass is 9.95. The Balaban J connectivity index is 1.59. The van der Waals surface area contributed by atoms with Crippen molar-refractivity contribution in [1.82, 2.24) is 5.32 Å². The predicted octanol–water partition coefficient (Wildman–Crippen LogP) is 5.07. The molecule has 3 rings (SSSR count). The van der Waals surface area contributed by atoms with Crippen LogP contribution in [0.4, 0.5) is 11.4 Å². The Kier molecular flexibility index (Phi) is 7.15. The highest BCUT2D eigenvalue weighted by Crippen LogP contribution is 2.23. The highest BCUT2D eigenvalue weighted by molar-refractivity contribution is 6.34. The van der Waals surface area contributed by atoms with Crippen LogP contribution >= 0.6 is 11.6 Å². The molecule has 6 heteroatoms. The molecular formula is C23H28ClN3O2. The van der Waals surface area contributed by atoms with Crippen molar-refractivity contribution in [3.8, 4) is 0 Å². The van der Waals surface area contributed by atoms with Gasteiger partial charge in [0.25, 0.3) is 5.91 Å². The van der Waals surface area contributed by atoms with Gasteiger partial charge in [-0.15, -0.1) is 0 Å². The zero-order valence-electron chi connectivity index (χ0n) is 17.0. The molecule has 0 radical (unpaired) electrons. The number of carbonyl (C=O) groups excluding carboxylic acids is 2. The highest BCUT2D eigenvalue weighted by Gasteiger charge is 2.19. The topological polar surface area (TPSA) is 70.2 Å². The maximum Gasteiger partial charge on any atom is 0.253 e. The van der Waals surface area contributed by atoms with Gasteiger partial charge in [0.15, 0.2) is 0 Å². The van der Waals surface area contributed by atoms with Crippen LogP contribution in [-0.2, 0) is 4.79 Å². The van der Waals surface area contributed by atoms with E-state index >= 15 is 0 Å². The first-order valence-electron chi connectivity index (χ1n) is 10.1. The maximum absolute atomic E-state index is 12.6. The van der Waals surface area contributed by atoms with Gasteiger partial charge in [-0.25, -0.2) is 0 Å². The fourth-order valence-electron chi connectivity index (χ4n) is 3.75. The van der Waals surface area contributed by atoms with Crippen molar-refractivity contribution in [3.63, 3.8) is 0 Å². The first kappa shape index (κ1) is 21.2. The number of benzene rings is 2. The zero-order valence-corrected chi connectivity index (χ0v) is 17.7. The molecule has 1 aliphatic rings. The summed E-state index contributed by atoms with van der Waals surface area (Å²) in [5.74, 6) is -0.378. The molecule has 3 N–H and O–H groups in total. The number of hydrogen-bond acceptors (Lipinski definition) is 3. The van der Waals surface area contributed by atoms with Crippen LogP contribution in [-0.4, -0.2) is 24.4 Å². The Labute approximate surface area is 177 Å². The van der Waals surface area contributed by atoms with Crippen LogP contribution in [0.15, 0.2) is 36.4 Å². The third-order valence-corrected chi connectivity index (χ3v) is 5.44. The number of aryl methyl sites for hydroxylation is 2. The number of hydrogen-bond donors (Lipinski definition) is 3. The average Bonchev–Trinajstić information content (AvgIpc) is 2.68. The molecule has 0 bridgehead atoms. The number of rotatable bonds is 6. The van der Waals surface area contributed by atoms with E-state index in [9.17, 15) is 9.59 Å². The summed E-state index contributed by atoms with van der Waals surface area (Å²) in [6, 6.07) is 11.3. The fourth-order valence-corrected chi connectivity index (χ4v) is 3.95. The summed E-state index contributed by atoms with van der Waals surface area (Å²) in [5, 5.41) is 9.40. The third kappa shape index (κ3) is 6.23. The van der Waals surface area contributed by atoms with Crippen molar-refractivity contribution in [1.29, 1.82) is 0 Å².